The molecule has 0 aromatic carbocycles. The number of aryl methyl sites for hydroxylation is 1. The average Bonchev–Trinajstić information content (AvgIpc) is 2.31. The maximum absolute atomic E-state index is 9.44. The van der Waals surface area contributed by atoms with E-state index >= 15 is 0 Å². The summed E-state index contributed by atoms with van der Waals surface area (Å²) >= 11 is 0. The molecule has 1 heterocycles. The number of nitrogens with one attached hydrogen (secondary N) is 1. The zero-order valence-corrected chi connectivity index (χ0v) is 10.2. The van der Waals surface area contributed by atoms with Gasteiger partial charge >= 0.3 is 0 Å². The van der Waals surface area contributed by atoms with Crippen LogP contribution in [0.4, 0.5) is 11.5 Å². The maximum Gasteiger partial charge on any atom is 0.128 e. The molecular formula is C12H21N3O. The van der Waals surface area contributed by atoms with E-state index in [9.17, 15) is 5.11 Å². The van der Waals surface area contributed by atoms with Gasteiger partial charge in [0.05, 0.1) is 12.1 Å². The number of aromatic nitrogens is 1. The van der Waals surface area contributed by atoms with E-state index in [-0.39, 0.29) is 12.1 Å². The number of pyridine rings is 1. The second-order valence-corrected chi connectivity index (χ2v) is 4.20. The van der Waals surface area contributed by atoms with E-state index in [1.807, 2.05) is 26.8 Å². The molecule has 0 fully saturated rings. The quantitative estimate of drug-likeness (QED) is 0.713. The fourth-order valence-corrected chi connectivity index (χ4v) is 1.57. The molecule has 90 valence electrons. The van der Waals surface area contributed by atoms with Crippen LogP contribution in [-0.2, 0) is 0 Å². The first-order chi connectivity index (χ1) is 7.56. The lowest BCUT2D eigenvalue weighted by molar-refractivity contribution is 0.202. The second kappa shape index (κ2) is 5.16. The van der Waals surface area contributed by atoms with Crippen molar-refractivity contribution in [2.75, 3.05) is 17.7 Å². The first kappa shape index (κ1) is 12.8. The highest BCUT2D eigenvalue weighted by Gasteiger charge is 2.25. The number of anilines is 2. The second-order valence-electron chi connectivity index (χ2n) is 4.20. The van der Waals surface area contributed by atoms with Crippen LogP contribution in [0.1, 0.15) is 32.3 Å². The van der Waals surface area contributed by atoms with E-state index in [1.165, 1.54) is 0 Å². The normalized spacial score (nSPS) is 11.5. The van der Waals surface area contributed by atoms with Gasteiger partial charge in [-0.1, -0.05) is 13.8 Å². The summed E-state index contributed by atoms with van der Waals surface area (Å²) in [5.41, 5.74) is 7.21. The fraction of sp³-hybridized carbons (Fsp3) is 0.583. The van der Waals surface area contributed by atoms with Crippen LogP contribution >= 0.6 is 0 Å². The Labute approximate surface area is 96.9 Å². The molecule has 0 spiro atoms. The number of rotatable bonds is 5. The van der Waals surface area contributed by atoms with Crippen molar-refractivity contribution < 1.29 is 5.11 Å². The summed E-state index contributed by atoms with van der Waals surface area (Å²) in [6.07, 6.45) is 3.43. The van der Waals surface area contributed by atoms with E-state index in [1.54, 1.807) is 6.20 Å². The fourth-order valence-electron chi connectivity index (χ4n) is 1.57. The predicted octanol–water partition coefficient (Wildman–Crippen LogP) is 1.94. The van der Waals surface area contributed by atoms with Crippen LogP contribution in [0.25, 0.3) is 0 Å². The Morgan fingerprint density at radius 1 is 1.44 bits per heavy atom. The smallest absolute Gasteiger partial charge is 0.128 e. The van der Waals surface area contributed by atoms with Gasteiger partial charge in [0.15, 0.2) is 0 Å². The largest absolute Gasteiger partial charge is 0.398 e. The molecule has 0 saturated heterocycles. The Bertz CT molecular complexity index is 340. The molecule has 1 aromatic rings. The van der Waals surface area contributed by atoms with Gasteiger partial charge in [0.2, 0.25) is 0 Å². The molecule has 0 aliphatic rings. The molecule has 16 heavy (non-hydrogen) atoms. The minimum atomic E-state index is -0.297. The number of aliphatic hydroxyl groups is 1. The molecule has 4 N–H and O–H groups in total. The molecule has 0 aliphatic carbocycles. The molecule has 4 nitrogen and oxygen atoms in total. The van der Waals surface area contributed by atoms with Crippen LogP contribution in [0.5, 0.6) is 0 Å². The Kier molecular flexibility index (Phi) is 4.12. The SMILES string of the molecule is CCC(CC)(CO)Nc1cc(N)c(C)cn1. The van der Waals surface area contributed by atoms with Gasteiger partial charge in [-0.25, -0.2) is 4.98 Å². The van der Waals surface area contributed by atoms with Crippen LogP contribution < -0.4 is 11.1 Å². The lowest BCUT2D eigenvalue weighted by Crippen LogP contribution is -2.41. The lowest BCUT2D eigenvalue weighted by Gasteiger charge is -2.31. The van der Waals surface area contributed by atoms with E-state index in [4.69, 9.17) is 5.73 Å². The Morgan fingerprint density at radius 2 is 2.06 bits per heavy atom. The van der Waals surface area contributed by atoms with Crippen LogP contribution in [0.15, 0.2) is 12.3 Å². The molecule has 0 aliphatic heterocycles. The topological polar surface area (TPSA) is 71.2 Å². The number of nitrogens with two attached hydrogens (primary N) is 1. The zero-order chi connectivity index (χ0) is 12.2. The predicted molar refractivity (Wildman–Crippen MR) is 67.4 cm³/mol. The Morgan fingerprint density at radius 3 is 2.50 bits per heavy atom. The average molecular weight is 223 g/mol. The van der Waals surface area contributed by atoms with E-state index in [0.29, 0.717) is 0 Å². The minimum absolute atomic E-state index is 0.0927. The van der Waals surface area contributed by atoms with E-state index in [2.05, 4.69) is 10.3 Å². The highest BCUT2D eigenvalue weighted by atomic mass is 16.3. The monoisotopic (exact) mass is 223 g/mol. The number of hydrogen-bond donors (Lipinski definition) is 3. The summed E-state index contributed by atoms with van der Waals surface area (Å²) in [6.45, 7) is 6.11. The minimum Gasteiger partial charge on any atom is -0.398 e. The van der Waals surface area contributed by atoms with Crippen molar-refractivity contribution in [3.05, 3.63) is 17.8 Å². The molecule has 0 amide bonds. The highest BCUT2D eigenvalue weighted by molar-refractivity contribution is 5.54. The van der Waals surface area contributed by atoms with Gasteiger partial charge in [-0.2, -0.15) is 0 Å². The van der Waals surface area contributed by atoms with Gasteiger partial charge in [-0.05, 0) is 25.3 Å². The number of nitrogens with zero attached hydrogens (tertiary/aromatic N) is 1. The van der Waals surface area contributed by atoms with Crippen molar-refractivity contribution in [2.24, 2.45) is 0 Å². The first-order valence-corrected chi connectivity index (χ1v) is 5.68. The van der Waals surface area contributed by atoms with Gasteiger partial charge in [0.25, 0.3) is 0 Å². The molecule has 0 bridgehead atoms. The van der Waals surface area contributed by atoms with Gasteiger partial charge in [-0.15, -0.1) is 0 Å². The third-order valence-electron chi connectivity index (χ3n) is 3.19. The van der Waals surface area contributed by atoms with Gasteiger partial charge in [0, 0.05) is 18.0 Å². The number of nitrogen functional groups attached to an aromatic ring is 1. The standard InChI is InChI=1S/C12H21N3O/c1-4-12(5-2,8-16)15-11-6-10(13)9(3)7-14-11/h6-7,16H,4-5,8H2,1-3H3,(H3,13,14,15). The molecule has 0 saturated carbocycles. The van der Waals surface area contributed by atoms with Crippen molar-refractivity contribution in [3.63, 3.8) is 0 Å². The summed E-state index contributed by atoms with van der Waals surface area (Å²) < 4.78 is 0. The molecule has 4 heteroatoms. The van der Waals surface area contributed by atoms with E-state index < -0.39 is 0 Å². The van der Waals surface area contributed by atoms with Crippen LogP contribution in [0, 0.1) is 6.92 Å². The lowest BCUT2D eigenvalue weighted by atomic mass is 9.94. The van der Waals surface area contributed by atoms with Crippen LogP contribution in [0.3, 0.4) is 0 Å². The summed E-state index contributed by atoms with van der Waals surface area (Å²) in [7, 11) is 0. The molecule has 0 atom stereocenters. The molecular weight excluding hydrogens is 202 g/mol. The van der Waals surface area contributed by atoms with Crippen molar-refractivity contribution in [2.45, 2.75) is 39.2 Å². The van der Waals surface area contributed by atoms with Gasteiger partial charge in [0.1, 0.15) is 5.82 Å². The van der Waals surface area contributed by atoms with Crippen LogP contribution in [-0.4, -0.2) is 22.2 Å². The zero-order valence-electron chi connectivity index (χ0n) is 10.2. The summed E-state index contributed by atoms with van der Waals surface area (Å²) in [6, 6.07) is 1.81. The third-order valence-corrected chi connectivity index (χ3v) is 3.19. The van der Waals surface area contributed by atoms with Crippen molar-refractivity contribution in [3.8, 4) is 0 Å². The van der Waals surface area contributed by atoms with Crippen molar-refractivity contribution in [1.82, 2.24) is 4.98 Å². The van der Waals surface area contributed by atoms with Crippen molar-refractivity contribution >= 4 is 11.5 Å². The van der Waals surface area contributed by atoms with Gasteiger partial charge < -0.3 is 16.2 Å². The summed E-state index contributed by atoms with van der Waals surface area (Å²) in [5, 5.41) is 12.7. The summed E-state index contributed by atoms with van der Waals surface area (Å²) in [5.74, 6) is 0.723. The molecule has 0 unspecified atom stereocenters. The first-order valence-electron chi connectivity index (χ1n) is 5.68. The van der Waals surface area contributed by atoms with E-state index in [0.717, 1.165) is 29.9 Å². The Balaban J connectivity index is 2.89. The highest BCUT2D eigenvalue weighted by Crippen LogP contribution is 2.22. The molecule has 1 rings (SSSR count). The number of hydrogen-bond acceptors (Lipinski definition) is 4. The Hall–Kier alpha value is -1.29. The number of aliphatic hydroxyl groups excluding tert-OH is 1. The maximum atomic E-state index is 9.44. The molecule has 0 radical (unpaired) electrons. The van der Waals surface area contributed by atoms with Crippen molar-refractivity contribution in [1.29, 1.82) is 0 Å². The summed E-state index contributed by atoms with van der Waals surface area (Å²) in [4.78, 5) is 4.27. The van der Waals surface area contributed by atoms with Gasteiger partial charge in [-0.3, -0.25) is 0 Å². The third kappa shape index (κ3) is 2.64. The molecule has 1 aromatic heterocycles. The van der Waals surface area contributed by atoms with Crippen LogP contribution in [0.2, 0.25) is 0 Å².